The van der Waals surface area contributed by atoms with Gasteiger partial charge in [-0.15, -0.1) is 0 Å². The molecule has 1 aliphatic rings. The van der Waals surface area contributed by atoms with Crippen LogP contribution in [-0.4, -0.2) is 25.0 Å². The lowest BCUT2D eigenvalue weighted by Crippen LogP contribution is -2.50. The first-order valence-corrected chi connectivity index (χ1v) is 10.5. The molecule has 1 saturated carbocycles. The largest absolute Gasteiger partial charge is 0.416 e. The van der Waals surface area contributed by atoms with Gasteiger partial charge in [-0.05, 0) is 23.0 Å². The Labute approximate surface area is 134 Å². The van der Waals surface area contributed by atoms with Crippen molar-refractivity contribution in [3.8, 4) is 0 Å². The first kappa shape index (κ1) is 18.5. The zero-order valence-electron chi connectivity index (χ0n) is 13.5. The Balaban J connectivity index is 2.63. The van der Waals surface area contributed by atoms with Crippen molar-refractivity contribution in [3.63, 3.8) is 0 Å². The molecule has 1 unspecified atom stereocenters. The van der Waals surface area contributed by atoms with E-state index in [0.717, 1.165) is 6.42 Å². The first-order chi connectivity index (χ1) is 9.06. The van der Waals surface area contributed by atoms with Crippen molar-refractivity contribution in [1.82, 2.24) is 0 Å². The number of rotatable bonds is 7. The van der Waals surface area contributed by atoms with Gasteiger partial charge in [0.1, 0.15) is 0 Å². The molecule has 0 amide bonds. The number of halogens is 2. The lowest BCUT2D eigenvalue weighted by Gasteiger charge is -2.43. The first-order valence-electron chi connectivity index (χ1n) is 7.61. The molecule has 0 aliphatic heterocycles. The van der Waals surface area contributed by atoms with Gasteiger partial charge >= 0.3 is 0 Å². The molecule has 0 aromatic carbocycles. The second-order valence-corrected chi connectivity index (χ2v) is 13.7. The number of hydrogen-bond donors (Lipinski definition) is 0. The maximum atomic E-state index is 11.4. The predicted molar refractivity (Wildman–Crippen MR) is 89.2 cm³/mol. The van der Waals surface area contributed by atoms with Crippen LogP contribution in [0.2, 0.25) is 16.6 Å². The van der Waals surface area contributed by atoms with Crippen LogP contribution in [0.1, 0.15) is 54.4 Å². The fourth-order valence-corrected chi connectivity index (χ4v) is 9.74. The number of carbonyl (C=O) groups excluding carboxylic acids is 1. The minimum Gasteiger partial charge on any atom is -0.416 e. The molecule has 0 spiro atoms. The van der Waals surface area contributed by atoms with Gasteiger partial charge in [0.2, 0.25) is 0 Å². The van der Waals surface area contributed by atoms with Crippen LogP contribution < -0.4 is 0 Å². The van der Waals surface area contributed by atoms with E-state index in [1.807, 2.05) is 0 Å². The van der Waals surface area contributed by atoms with E-state index in [-0.39, 0.29) is 11.7 Å². The minimum absolute atomic E-state index is 0.0501. The fraction of sp³-hybridized carbons (Fsp3) is 0.933. The average Bonchev–Trinajstić information content (AvgIpc) is 2.31. The standard InChI is InChI=1S/C15H28Cl2O2Si/c1-10(2)20(11(3)4,12(5)6)19-8-7-13-9-14(18)15(13,16)17/h10-13H,7-9H2,1-6H3. The number of carbonyl (C=O) groups is 1. The summed E-state index contributed by atoms with van der Waals surface area (Å²) in [5.41, 5.74) is 1.71. The summed E-state index contributed by atoms with van der Waals surface area (Å²) < 4.78 is 5.29. The monoisotopic (exact) mass is 338 g/mol. The third-order valence-corrected chi connectivity index (χ3v) is 12.0. The highest BCUT2D eigenvalue weighted by Gasteiger charge is 2.52. The maximum Gasteiger partial charge on any atom is 0.200 e. The molecule has 20 heavy (non-hydrogen) atoms. The number of Topliss-reactive ketones (excluding diaryl/α,β-unsaturated/α-hetero) is 1. The Bertz CT molecular complexity index is 332. The highest BCUT2D eigenvalue weighted by Crippen LogP contribution is 2.47. The third-order valence-electron chi connectivity index (χ3n) is 4.84. The Morgan fingerprint density at radius 1 is 1.15 bits per heavy atom. The van der Waals surface area contributed by atoms with Crippen LogP contribution in [0.15, 0.2) is 0 Å². The molecule has 1 aliphatic carbocycles. The van der Waals surface area contributed by atoms with Crippen molar-refractivity contribution in [2.24, 2.45) is 5.92 Å². The summed E-state index contributed by atoms with van der Waals surface area (Å²) in [5, 5.41) is 0. The van der Waals surface area contributed by atoms with E-state index in [1.165, 1.54) is 0 Å². The number of alkyl halides is 2. The maximum absolute atomic E-state index is 11.4. The van der Waals surface area contributed by atoms with Gasteiger partial charge in [0.25, 0.3) is 0 Å². The van der Waals surface area contributed by atoms with Crippen molar-refractivity contribution >= 4 is 37.3 Å². The van der Waals surface area contributed by atoms with Crippen LogP contribution in [-0.2, 0) is 9.22 Å². The van der Waals surface area contributed by atoms with Crippen LogP contribution in [0.4, 0.5) is 0 Å². The van der Waals surface area contributed by atoms with Crippen molar-refractivity contribution in [1.29, 1.82) is 0 Å². The summed E-state index contributed by atoms with van der Waals surface area (Å²) in [6, 6.07) is 0. The van der Waals surface area contributed by atoms with Crippen LogP contribution in [0.3, 0.4) is 0 Å². The molecule has 0 aromatic heterocycles. The molecule has 1 rings (SSSR count). The van der Waals surface area contributed by atoms with E-state index in [0.29, 0.717) is 29.7 Å². The summed E-state index contributed by atoms with van der Waals surface area (Å²) in [4.78, 5) is 11.4. The normalized spacial score (nSPS) is 22.8. The Hall–Kier alpha value is 0.427. The number of hydrogen-bond acceptors (Lipinski definition) is 2. The molecule has 0 saturated heterocycles. The fourth-order valence-electron chi connectivity index (χ4n) is 3.75. The molecule has 118 valence electrons. The van der Waals surface area contributed by atoms with Crippen LogP contribution in [0.5, 0.6) is 0 Å². The van der Waals surface area contributed by atoms with Gasteiger partial charge in [0.15, 0.2) is 18.4 Å². The highest BCUT2D eigenvalue weighted by atomic mass is 35.5. The molecule has 0 bridgehead atoms. The molecule has 0 heterocycles. The predicted octanol–water partition coefficient (Wildman–Crippen LogP) is 5.33. The summed E-state index contributed by atoms with van der Waals surface area (Å²) in [6.45, 7) is 14.3. The highest BCUT2D eigenvalue weighted by molar-refractivity contribution is 6.77. The Kier molecular flexibility index (Phi) is 6.17. The summed E-state index contributed by atoms with van der Waals surface area (Å²) in [6.07, 6.45) is 1.27. The van der Waals surface area contributed by atoms with E-state index >= 15 is 0 Å². The van der Waals surface area contributed by atoms with Crippen LogP contribution in [0.25, 0.3) is 0 Å². The van der Waals surface area contributed by atoms with E-state index < -0.39 is 12.7 Å². The molecule has 2 nitrogen and oxygen atoms in total. The SMILES string of the molecule is CC(C)[Si](OCCC1CC(=O)C1(Cl)Cl)(C(C)C)C(C)C. The van der Waals surface area contributed by atoms with E-state index in [1.54, 1.807) is 0 Å². The quantitative estimate of drug-likeness (QED) is 0.463. The van der Waals surface area contributed by atoms with Gasteiger partial charge in [0, 0.05) is 18.9 Å². The van der Waals surface area contributed by atoms with Crippen molar-refractivity contribution < 1.29 is 9.22 Å². The van der Waals surface area contributed by atoms with E-state index in [4.69, 9.17) is 27.6 Å². The second-order valence-electron chi connectivity index (χ2n) is 6.90. The van der Waals surface area contributed by atoms with Crippen LogP contribution in [0, 0.1) is 5.92 Å². The summed E-state index contributed by atoms with van der Waals surface area (Å²) in [7, 11) is -1.82. The molecule has 0 radical (unpaired) electrons. The van der Waals surface area contributed by atoms with Crippen molar-refractivity contribution in [2.45, 2.75) is 75.3 Å². The topological polar surface area (TPSA) is 26.3 Å². The minimum atomic E-state index is -1.82. The zero-order chi connectivity index (χ0) is 15.7. The lowest BCUT2D eigenvalue weighted by atomic mass is 9.80. The van der Waals surface area contributed by atoms with E-state index in [9.17, 15) is 4.79 Å². The van der Waals surface area contributed by atoms with Crippen molar-refractivity contribution in [2.75, 3.05) is 6.61 Å². The van der Waals surface area contributed by atoms with Gasteiger partial charge in [-0.1, -0.05) is 64.7 Å². The average molecular weight is 339 g/mol. The Morgan fingerprint density at radius 2 is 1.60 bits per heavy atom. The van der Waals surface area contributed by atoms with Gasteiger partial charge < -0.3 is 4.43 Å². The van der Waals surface area contributed by atoms with Gasteiger partial charge in [-0.25, -0.2) is 0 Å². The number of ketones is 1. The summed E-state index contributed by atoms with van der Waals surface area (Å²) in [5.74, 6) is 0.00226. The molecular weight excluding hydrogens is 311 g/mol. The molecular formula is C15H28Cl2O2Si. The molecule has 0 N–H and O–H groups in total. The second kappa shape index (κ2) is 6.68. The zero-order valence-corrected chi connectivity index (χ0v) is 16.0. The smallest absolute Gasteiger partial charge is 0.200 e. The molecule has 1 atom stereocenters. The Morgan fingerprint density at radius 3 is 1.90 bits per heavy atom. The molecule has 0 aromatic rings. The lowest BCUT2D eigenvalue weighted by molar-refractivity contribution is -0.128. The van der Waals surface area contributed by atoms with Gasteiger partial charge in [-0.3, -0.25) is 4.79 Å². The third kappa shape index (κ3) is 3.26. The van der Waals surface area contributed by atoms with E-state index in [2.05, 4.69) is 41.5 Å². The van der Waals surface area contributed by atoms with Crippen molar-refractivity contribution in [3.05, 3.63) is 0 Å². The van der Waals surface area contributed by atoms with Gasteiger partial charge in [-0.2, -0.15) is 0 Å². The molecule has 1 fully saturated rings. The van der Waals surface area contributed by atoms with Gasteiger partial charge in [0.05, 0.1) is 0 Å². The molecule has 5 heteroatoms. The van der Waals surface area contributed by atoms with Crippen LogP contribution >= 0.6 is 23.2 Å². The summed E-state index contributed by atoms with van der Waals surface area (Å²) >= 11 is 12.1.